The van der Waals surface area contributed by atoms with Gasteiger partial charge < -0.3 is 4.42 Å². The van der Waals surface area contributed by atoms with E-state index >= 15 is 0 Å². The Balaban J connectivity index is 2.16. The maximum atomic E-state index is 13.3. The predicted octanol–water partition coefficient (Wildman–Crippen LogP) is 3.22. The quantitative estimate of drug-likeness (QED) is 0.366. The fourth-order valence-corrected chi connectivity index (χ4v) is 1.44. The zero-order valence-corrected chi connectivity index (χ0v) is 9.58. The Morgan fingerprint density at radius 1 is 1.26 bits per heavy atom. The van der Waals surface area contributed by atoms with Crippen molar-refractivity contribution in [1.82, 2.24) is 0 Å². The summed E-state index contributed by atoms with van der Waals surface area (Å²) < 4.78 is 18.1. The number of hydrogen-bond donors (Lipinski definition) is 0. The summed E-state index contributed by atoms with van der Waals surface area (Å²) in [5.74, 6) is -1.44. The normalized spacial score (nSPS) is 10.8. The molecule has 0 unspecified atom stereocenters. The van der Waals surface area contributed by atoms with E-state index in [4.69, 9.17) is 4.42 Å². The van der Waals surface area contributed by atoms with Crippen molar-refractivity contribution in [3.8, 4) is 0 Å². The largest absolute Gasteiger partial charge is 0.433 e. The maximum Gasteiger partial charge on any atom is 0.433 e. The third kappa shape index (κ3) is 2.92. The lowest BCUT2D eigenvalue weighted by molar-refractivity contribution is -0.402. The highest BCUT2D eigenvalue weighted by molar-refractivity contribution is 6.06. The molecule has 1 aromatic heterocycles. The van der Waals surface area contributed by atoms with Crippen molar-refractivity contribution in [3.63, 3.8) is 0 Å². The van der Waals surface area contributed by atoms with E-state index in [9.17, 15) is 19.3 Å². The lowest BCUT2D eigenvalue weighted by atomic mass is 10.1. The van der Waals surface area contributed by atoms with Crippen molar-refractivity contribution in [2.75, 3.05) is 0 Å². The Hall–Kier alpha value is -2.76. The first-order valence-corrected chi connectivity index (χ1v) is 5.29. The van der Waals surface area contributed by atoms with E-state index < -0.39 is 22.4 Å². The van der Waals surface area contributed by atoms with Gasteiger partial charge in [-0.05, 0) is 30.4 Å². The molecule has 2 rings (SSSR count). The van der Waals surface area contributed by atoms with Crippen LogP contribution in [0.3, 0.4) is 0 Å². The van der Waals surface area contributed by atoms with Gasteiger partial charge >= 0.3 is 5.88 Å². The number of halogens is 1. The first-order valence-electron chi connectivity index (χ1n) is 5.29. The smallest absolute Gasteiger partial charge is 0.401 e. The van der Waals surface area contributed by atoms with Crippen LogP contribution in [0, 0.1) is 15.9 Å². The van der Waals surface area contributed by atoms with Crippen molar-refractivity contribution in [2.24, 2.45) is 0 Å². The molecule has 6 heteroatoms. The zero-order chi connectivity index (χ0) is 13.8. The molecule has 0 saturated carbocycles. The molecule has 0 fully saturated rings. The molecule has 1 aromatic carbocycles. The monoisotopic (exact) mass is 261 g/mol. The molecule has 0 amide bonds. The molecule has 0 radical (unpaired) electrons. The molecule has 96 valence electrons. The highest BCUT2D eigenvalue weighted by atomic mass is 19.1. The molecule has 0 saturated heterocycles. The van der Waals surface area contributed by atoms with Crippen LogP contribution in [-0.2, 0) is 0 Å². The first-order chi connectivity index (χ1) is 9.08. The summed E-state index contributed by atoms with van der Waals surface area (Å²) in [7, 11) is 0. The third-order valence-electron chi connectivity index (χ3n) is 2.33. The Morgan fingerprint density at radius 2 is 2.00 bits per heavy atom. The summed E-state index contributed by atoms with van der Waals surface area (Å²) in [4.78, 5) is 21.4. The van der Waals surface area contributed by atoms with Crippen LogP contribution < -0.4 is 0 Å². The van der Waals surface area contributed by atoms with E-state index in [0.29, 0.717) is 0 Å². The molecule has 0 aliphatic carbocycles. The lowest BCUT2D eigenvalue weighted by Gasteiger charge is -1.96. The summed E-state index contributed by atoms with van der Waals surface area (Å²) in [5.41, 5.74) is -0.0696. The van der Waals surface area contributed by atoms with Gasteiger partial charge in [0.2, 0.25) is 0 Å². The molecule has 19 heavy (non-hydrogen) atoms. The van der Waals surface area contributed by atoms with Gasteiger partial charge in [0, 0.05) is 0 Å². The molecule has 0 bridgehead atoms. The van der Waals surface area contributed by atoms with Crippen LogP contribution in [0.15, 0.2) is 46.9 Å². The van der Waals surface area contributed by atoms with Gasteiger partial charge in [-0.1, -0.05) is 12.1 Å². The number of hydrogen-bond acceptors (Lipinski definition) is 4. The van der Waals surface area contributed by atoms with Crippen LogP contribution in [0.5, 0.6) is 0 Å². The summed E-state index contributed by atoms with van der Waals surface area (Å²) in [5, 5.41) is 10.4. The van der Waals surface area contributed by atoms with Crippen LogP contribution in [0.2, 0.25) is 0 Å². The standard InChI is InChI=1S/C13H8FNO4/c14-11-4-2-1-3-10(11)12(16)7-5-9-6-8-13(19-9)15(17)18/h1-8H/b7-5-. The Labute approximate surface area is 107 Å². The fraction of sp³-hybridized carbons (Fsp3) is 0. The molecule has 0 atom stereocenters. The van der Waals surface area contributed by atoms with Gasteiger partial charge in [-0.3, -0.25) is 14.9 Å². The minimum Gasteiger partial charge on any atom is -0.401 e. The zero-order valence-electron chi connectivity index (χ0n) is 9.58. The second-order valence-corrected chi connectivity index (χ2v) is 3.61. The third-order valence-corrected chi connectivity index (χ3v) is 2.33. The van der Waals surface area contributed by atoms with Crippen molar-refractivity contribution in [1.29, 1.82) is 0 Å². The number of allylic oxidation sites excluding steroid dienone is 1. The molecule has 2 aromatic rings. The van der Waals surface area contributed by atoms with Gasteiger partial charge in [0.15, 0.2) is 5.78 Å². The van der Waals surface area contributed by atoms with Gasteiger partial charge in [-0.15, -0.1) is 0 Å². The van der Waals surface area contributed by atoms with Gasteiger partial charge in [0.25, 0.3) is 0 Å². The van der Waals surface area contributed by atoms with Crippen molar-refractivity contribution >= 4 is 17.7 Å². The van der Waals surface area contributed by atoms with Gasteiger partial charge in [-0.2, -0.15) is 0 Å². The van der Waals surface area contributed by atoms with Crippen LogP contribution >= 0.6 is 0 Å². The van der Waals surface area contributed by atoms with Gasteiger partial charge in [-0.25, -0.2) is 4.39 Å². The van der Waals surface area contributed by atoms with Crippen LogP contribution in [-0.4, -0.2) is 10.7 Å². The number of nitro groups is 1. The Kier molecular flexibility index (Phi) is 3.51. The van der Waals surface area contributed by atoms with Crippen LogP contribution in [0.25, 0.3) is 6.08 Å². The highest BCUT2D eigenvalue weighted by Gasteiger charge is 2.11. The van der Waals surface area contributed by atoms with Gasteiger partial charge in [0.1, 0.15) is 16.5 Å². The number of ketones is 1. The number of rotatable bonds is 4. The van der Waals surface area contributed by atoms with E-state index in [0.717, 1.165) is 6.08 Å². The molecular formula is C13H8FNO4. The maximum absolute atomic E-state index is 13.3. The Morgan fingerprint density at radius 3 is 2.63 bits per heavy atom. The molecule has 0 spiro atoms. The second kappa shape index (κ2) is 5.26. The van der Waals surface area contributed by atoms with E-state index in [1.54, 1.807) is 6.07 Å². The fourth-order valence-electron chi connectivity index (χ4n) is 1.44. The minimum absolute atomic E-state index is 0.0696. The molecule has 0 aliphatic rings. The van der Waals surface area contributed by atoms with Gasteiger partial charge in [0.05, 0.1) is 11.6 Å². The van der Waals surface area contributed by atoms with E-state index in [1.807, 2.05) is 0 Å². The molecule has 1 heterocycles. The summed E-state index contributed by atoms with van der Waals surface area (Å²) in [6, 6.07) is 8.08. The average Bonchev–Trinajstić information content (AvgIpc) is 2.85. The second-order valence-electron chi connectivity index (χ2n) is 3.61. The highest BCUT2D eigenvalue weighted by Crippen LogP contribution is 2.17. The molecule has 0 aliphatic heterocycles. The molecule has 0 N–H and O–H groups in total. The van der Waals surface area contributed by atoms with E-state index in [-0.39, 0.29) is 11.3 Å². The average molecular weight is 261 g/mol. The summed E-state index contributed by atoms with van der Waals surface area (Å²) >= 11 is 0. The number of benzene rings is 1. The summed E-state index contributed by atoms with van der Waals surface area (Å²) in [6.45, 7) is 0. The van der Waals surface area contributed by atoms with Crippen molar-refractivity contribution in [2.45, 2.75) is 0 Å². The van der Waals surface area contributed by atoms with Crippen LogP contribution in [0.1, 0.15) is 16.1 Å². The number of carbonyl (C=O) groups excluding carboxylic acids is 1. The minimum atomic E-state index is -0.684. The first kappa shape index (κ1) is 12.7. The van der Waals surface area contributed by atoms with E-state index in [1.165, 1.54) is 36.4 Å². The molecular weight excluding hydrogens is 253 g/mol. The Bertz CT molecular complexity index is 660. The van der Waals surface area contributed by atoms with Crippen LogP contribution in [0.4, 0.5) is 10.3 Å². The predicted molar refractivity (Wildman–Crippen MR) is 65.1 cm³/mol. The van der Waals surface area contributed by atoms with Crippen molar-refractivity contribution < 1.29 is 18.5 Å². The summed E-state index contributed by atoms with van der Waals surface area (Å²) in [6.07, 6.45) is 2.35. The SMILES string of the molecule is O=C(/C=C\c1ccc([N+](=O)[O-])o1)c1ccccc1F. The topological polar surface area (TPSA) is 73.3 Å². The molecule has 5 nitrogen and oxygen atoms in total. The van der Waals surface area contributed by atoms with Crippen molar-refractivity contribution in [3.05, 3.63) is 69.7 Å². The number of furan rings is 1. The number of carbonyl (C=O) groups is 1. The van der Waals surface area contributed by atoms with E-state index in [2.05, 4.69) is 0 Å². The number of nitrogens with zero attached hydrogens (tertiary/aromatic N) is 1. The lowest BCUT2D eigenvalue weighted by Crippen LogP contribution is -1.97.